The highest BCUT2D eigenvalue weighted by atomic mass is 35.5. The second-order valence-corrected chi connectivity index (χ2v) is 6.46. The van der Waals surface area contributed by atoms with Gasteiger partial charge in [0, 0.05) is 37.6 Å². The van der Waals surface area contributed by atoms with Crippen LogP contribution in [0, 0.1) is 5.41 Å². The van der Waals surface area contributed by atoms with E-state index in [0.29, 0.717) is 29.5 Å². The number of likely N-dealkylation sites (N-methyl/N-ethyl adjacent to an activating group) is 1. The molecule has 0 atom stereocenters. The van der Waals surface area contributed by atoms with E-state index in [1.54, 1.807) is 42.3 Å². The summed E-state index contributed by atoms with van der Waals surface area (Å²) in [6.45, 7) is 1.04. The van der Waals surface area contributed by atoms with E-state index >= 15 is 0 Å². The molecule has 2 aromatic rings. The van der Waals surface area contributed by atoms with Crippen molar-refractivity contribution < 1.29 is 9.53 Å². The van der Waals surface area contributed by atoms with Crippen molar-refractivity contribution in [3.05, 3.63) is 65.3 Å². The first-order chi connectivity index (χ1) is 13.0. The number of para-hydroxylation sites is 1. The van der Waals surface area contributed by atoms with Gasteiger partial charge in [-0.15, -0.1) is 0 Å². The molecule has 0 aliphatic carbocycles. The quantitative estimate of drug-likeness (QED) is 0.611. The highest BCUT2D eigenvalue weighted by Crippen LogP contribution is 2.40. The van der Waals surface area contributed by atoms with Crippen molar-refractivity contribution in [2.24, 2.45) is 0 Å². The first kappa shape index (κ1) is 18.9. The lowest BCUT2D eigenvalue weighted by Gasteiger charge is -2.24. The minimum atomic E-state index is -0.302. The zero-order chi connectivity index (χ0) is 19.4. The van der Waals surface area contributed by atoms with Gasteiger partial charge in [-0.25, -0.2) is 0 Å². The summed E-state index contributed by atoms with van der Waals surface area (Å²) in [5, 5.41) is 12.1. The second-order valence-electron chi connectivity index (χ2n) is 6.02. The molecule has 1 heterocycles. The summed E-state index contributed by atoms with van der Waals surface area (Å²) >= 11 is 6.22. The summed E-state index contributed by atoms with van der Waals surface area (Å²) in [6.07, 6.45) is 1.57. The maximum absolute atomic E-state index is 13.4. The Balaban J connectivity index is 2.13. The molecule has 0 aromatic heterocycles. The van der Waals surface area contributed by atoms with Crippen LogP contribution < -0.4 is 15.1 Å². The molecule has 0 saturated heterocycles. The Morgan fingerprint density at radius 1 is 1.19 bits per heavy atom. The Bertz CT molecular complexity index is 883. The predicted molar refractivity (Wildman–Crippen MR) is 109 cm³/mol. The van der Waals surface area contributed by atoms with E-state index in [4.69, 9.17) is 21.7 Å². The maximum atomic E-state index is 13.4. The Morgan fingerprint density at radius 3 is 2.63 bits per heavy atom. The normalized spacial score (nSPS) is 15.7. The first-order valence-corrected chi connectivity index (χ1v) is 8.86. The number of hydrogen-bond acceptors (Lipinski definition) is 4. The Hall–Kier alpha value is -2.83. The molecule has 1 aliphatic heterocycles. The van der Waals surface area contributed by atoms with Crippen molar-refractivity contribution in [2.75, 3.05) is 37.1 Å². The molecule has 7 heteroatoms. The summed E-state index contributed by atoms with van der Waals surface area (Å²) in [5.74, 6) is -0.198. The summed E-state index contributed by atoms with van der Waals surface area (Å²) in [4.78, 5) is 16.7. The van der Waals surface area contributed by atoms with Crippen LogP contribution in [0.15, 0.2) is 60.3 Å². The number of fused-ring (bicyclic) bond motifs is 1. The number of nitrogens with one attached hydrogen (secondary N) is 2. The molecule has 0 bridgehead atoms. The van der Waals surface area contributed by atoms with Gasteiger partial charge in [0.15, 0.2) is 0 Å². The van der Waals surface area contributed by atoms with Crippen molar-refractivity contribution in [2.45, 2.75) is 0 Å². The van der Waals surface area contributed by atoms with Crippen molar-refractivity contribution in [3.63, 3.8) is 0 Å². The largest absolute Gasteiger partial charge is 0.388 e. The van der Waals surface area contributed by atoms with Gasteiger partial charge in [-0.05, 0) is 30.3 Å². The lowest BCUT2D eigenvalue weighted by molar-refractivity contribution is -0.114. The summed E-state index contributed by atoms with van der Waals surface area (Å²) in [7, 11) is 3.37. The molecule has 0 radical (unpaired) electrons. The molecule has 6 nitrogen and oxygen atoms in total. The molecule has 140 valence electrons. The van der Waals surface area contributed by atoms with Crippen molar-refractivity contribution in [3.8, 4) is 0 Å². The molecule has 0 saturated carbocycles. The molecular formula is C20H21ClN4O2. The fourth-order valence-corrected chi connectivity index (χ4v) is 3.06. The molecular weight excluding hydrogens is 364 g/mol. The second kappa shape index (κ2) is 8.24. The molecule has 0 fully saturated rings. The number of hydrogen-bond donors (Lipinski definition) is 2. The van der Waals surface area contributed by atoms with E-state index < -0.39 is 0 Å². The van der Waals surface area contributed by atoms with Crippen LogP contribution in [0.2, 0.25) is 5.02 Å². The molecule has 2 aromatic carbocycles. The van der Waals surface area contributed by atoms with Gasteiger partial charge >= 0.3 is 0 Å². The van der Waals surface area contributed by atoms with Crippen LogP contribution in [0.3, 0.4) is 0 Å². The van der Waals surface area contributed by atoms with Crippen LogP contribution in [-0.2, 0) is 9.53 Å². The average Bonchev–Trinajstić information content (AvgIpc) is 2.74. The number of amides is 1. The number of carbonyl (C=O) groups excluding carboxylic acids is 1. The average molecular weight is 385 g/mol. The van der Waals surface area contributed by atoms with Gasteiger partial charge in [-0.2, -0.15) is 0 Å². The topological polar surface area (TPSA) is 68.7 Å². The third-order valence-electron chi connectivity index (χ3n) is 4.28. The molecule has 27 heavy (non-hydrogen) atoms. The minimum absolute atomic E-state index is 0.104. The number of halogens is 1. The Kier molecular flexibility index (Phi) is 5.78. The molecule has 3 rings (SSSR count). The molecule has 0 spiro atoms. The zero-order valence-electron chi connectivity index (χ0n) is 15.2. The van der Waals surface area contributed by atoms with E-state index in [1.807, 2.05) is 36.4 Å². The third-order valence-corrected chi connectivity index (χ3v) is 4.51. The van der Waals surface area contributed by atoms with Gasteiger partial charge < -0.3 is 15.0 Å². The van der Waals surface area contributed by atoms with Gasteiger partial charge in [-0.1, -0.05) is 29.8 Å². The monoisotopic (exact) mass is 384 g/mol. The fraction of sp³-hybridized carbons (Fsp3) is 0.200. The van der Waals surface area contributed by atoms with Crippen LogP contribution in [-0.4, -0.2) is 39.1 Å². The van der Waals surface area contributed by atoms with Crippen LogP contribution >= 0.6 is 11.6 Å². The number of carbonyl (C=O) groups is 1. The highest BCUT2D eigenvalue weighted by molar-refractivity contribution is 6.34. The fourth-order valence-electron chi connectivity index (χ4n) is 2.89. The van der Waals surface area contributed by atoms with E-state index in [2.05, 4.69) is 5.32 Å². The van der Waals surface area contributed by atoms with Crippen LogP contribution in [0.4, 0.5) is 17.1 Å². The first-order valence-electron chi connectivity index (χ1n) is 8.48. The summed E-state index contributed by atoms with van der Waals surface area (Å²) in [5.41, 5.74) is 2.31. The predicted octanol–water partition coefficient (Wildman–Crippen LogP) is 3.55. The highest BCUT2D eigenvalue weighted by Gasteiger charge is 2.33. The van der Waals surface area contributed by atoms with Crippen molar-refractivity contribution >= 4 is 40.4 Å². The van der Waals surface area contributed by atoms with Gasteiger partial charge in [0.1, 0.15) is 5.84 Å². The van der Waals surface area contributed by atoms with Gasteiger partial charge in [0.2, 0.25) is 0 Å². The Labute approximate surface area is 163 Å². The SMILES string of the molecule is COCCN/C=C1\C(=N)N(C)c2ccc(Cl)cc2N(c2ccccc2)C1=O. The van der Waals surface area contributed by atoms with Crippen LogP contribution in [0.1, 0.15) is 0 Å². The van der Waals surface area contributed by atoms with Gasteiger partial charge in [0.25, 0.3) is 5.91 Å². The van der Waals surface area contributed by atoms with Gasteiger partial charge in [0.05, 0.1) is 23.6 Å². The Morgan fingerprint density at radius 2 is 1.93 bits per heavy atom. The lowest BCUT2D eigenvalue weighted by Crippen LogP contribution is -2.33. The standard InChI is InChI=1S/C20H21ClN4O2/c1-24-17-9-8-14(21)12-18(17)25(15-6-4-3-5-7-15)20(26)16(19(24)22)13-23-10-11-27-2/h3-9,12-13,22-23H,10-11H2,1-2H3/b16-13+,22-19?. The van der Waals surface area contributed by atoms with Crippen LogP contribution in [0.25, 0.3) is 0 Å². The number of benzene rings is 2. The zero-order valence-corrected chi connectivity index (χ0v) is 16.0. The van der Waals surface area contributed by atoms with E-state index in [9.17, 15) is 4.79 Å². The number of amidine groups is 1. The number of ether oxygens (including phenoxy) is 1. The molecule has 2 N–H and O–H groups in total. The minimum Gasteiger partial charge on any atom is -0.388 e. The van der Waals surface area contributed by atoms with E-state index in [-0.39, 0.29) is 17.3 Å². The van der Waals surface area contributed by atoms with Crippen molar-refractivity contribution in [1.82, 2.24) is 5.32 Å². The molecule has 1 amide bonds. The van der Waals surface area contributed by atoms with E-state index in [1.165, 1.54) is 0 Å². The van der Waals surface area contributed by atoms with Crippen molar-refractivity contribution in [1.29, 1.82) is 5.41 Å². The number of anilines is 3. The molecule has 0 unspecified atom stereocenters. The third kappa shape index (κ3) is 3.82. The number of methoxy groups -OCH3 is 1. The summed E-state index contributed by atoms with van der Waals surface area (Å²) < 4.78 is 5.02. The number of nitrogens with zero attached hydrogens (tertiary/aromatic N) is 2. The smallest absolute Gasteiger partial charge is 0.268 e. The molecule has 1 aliphatic rings. The summed E-state index contributed by atoms with van der Waals surface area (Å²) in [6, 6.07) is 14.6. The van der Waals surface area contributed by atoms with Gasteiger partial charge in [-0.3, -0.25) is 15.1 Å². The number of rotatable bonds is 5. The van der Waals surface area contributed by atoms with E-state index in [0.717, 1.165) is 5.69 Å². The maximum Gasteiger partial charge on any atom is 0.268 e. The lowest BCUT2D eigenvalue weighted by atomic mass is 10.2. The van der Waals surface area contributed by atoms with Crippen LogP contribution in [0.5, 0.6) is 0 Å².